The Labute approximate surface area is 197 Å². The van der Waals surface area contributed by atoms with E-state index in [2.05, 4.69) is 17.0 Å². The first-order valence-corrected chi connectivity index (χ1v) is 11.2. The molecule has 0 aliphatic carbocycles. The molecule has 0 atom stereocenters. The van der Waals surface area contributed by atoms with Gasteiger partial charge in [-0.15, -0.1) is 0 Å². The second-order valence-electron chi connectivity index (χ2n) is 8.13. The number of piperazine rings is 1. The van der Waals surface area contributed by atoms with Gasteiger partial charge in [-0.05, 0) is 30.3 Å². The highest BCUT2D eigenvalue weighted by molar-refractivity contribution is 6.45. The maximum atomic E-state index is 14.7. The zero-order chi connectivity index (χ0) is 23.7. The topological polar surface area (TPSA) is 53.1 Å². The van der Waals surface area contributed by atoms with Crippen LogP contribution in [0.2, 0.25) is 0 Å². The van der Waals surface area contributed by atoms with Crippen molar-refractivity contribution in [1.82, 2.24) is 4.90 Å². The summed E-state index contributed by atoms with van der Waals surface area (Å²) in [5.41, 5.74) is 2.10. The molecule has 0 spiro atoms. The third kappa shape index (κ3) is 3.69. The fourth-order valence-electron chi connectivity index (χ4n) is 4.58. The van der Waals surface area contributed by atoms with Crippen molar-refractivity contribution in [1.29, 1.82) is 0 Å². The maximum Gasteiger partial charge on any atom is 0.282 e. The third-order valence-electron chi connectivity index (χ3n) is 6.25. The van der Waals surface area contributed by atoms with Gasteiger partial charge < -0.3 is 14.5 Å². The molecule has 2 amide bonds. The summed E-state index contributed by atoms with van der Waals surface area (Å²) in [6.45, 7) is 2.47. The first-order valence-electron chi connectivity index (χ1n) is 11.2. The predicted molar refractivity (Wildman–Crippen MR) is 129 cm³/mol. The van der Waals surface area contributed by atoms with Crippen molar-refractivity contribution in [3.63, 3.8) is 0 Å². The third-order valence-corrected chi connectivity index (χ3v) is 6.25. The summed E-state index contributed by atoms with van der Waals surface area (Å²) in [7, 11) is 1.52. The van der Waals surface area contributed by atoms with E-state index in [1.54, 1.807) is 30.3 Å². The summed E-state index contributed by atoms with van der Waals surface area (Å²) >= 11 is 0. The number of methoxy groups -OCH3 is 1. The highest BCUT2D eigenvalue weighted by Gasteiger charge is 2.44. The second kappa shape index (κ2) is 9.02. The van der Waals surface area contributed by atoms with Gasteiger partial charge in [0, 0.05) is 37.4 Å². The highest BCUT2D eigenvalue weighted by atomic mass is 19.1. The Morgan fingerprint density at radius 1 is 0.735 bits per heavy atom. The lowest BCUT2D eigenvalue weighted by molar-refractivity contribution is -0.120. The molecule has 34 heavy (non-hydrogen) atoms. The van der Waals surface area contributed by atoms with Gasteiger partial charge in [0.2, 0.25) is 0 Å². The van der Waals surface area contributed by atoms with E-state index in [1.807, 2.05) is 23.1 Å². The number of carbonyl (C=O) groups excluding carboxylic acids is 2. The Morgan fingerprint density at radius 3 is 2.06 bits per heavy atom. The summed E-state index contributed by atoms with van der Waals surface area (Å²) in [6.07, 6.45) is 0. The number of anilines is 2. The molecule has 3 aromatic carbocycles. The second-order valence-corrected chi connectivity index (χ2v) is 8.13. The van der Waals surface area contributed by atoms with Gasteiger partial charge in [0.05, 0.1) is 18.4 Å². The molecule has 7 heteroatoms. The molecule has 6 nitrogen and oxygen atoms in total. The number of nitrogens with zero attached hydrogens (tertiary/aromatic N) is 3. The van der Waals surface area contributed by atoms with Gasteiger partial charge >= 0.3 is 0 Å². The Morgan fingerprint density at radius 2 is 1.35 bits per heavy atom. The quantitative estimate of drug-likeness (QED) is 0.544. The molecular weight excluding hydrogens is 433 g/mol. The molecule has 0 radical (unpaired) electrons. The zero-order valence-electron chi connectivity index (χ0n) is 18.8. The van der Waals surface area contributed by atoms with Gasteiger partial charge in [-0.1, -0.05) is 48.5 Å². The maximum absolute atomic E-state index is 14.7. The number of halogens is 1. The number of para-hydroxylation sites is 3. The SMILES string of the molecule is COc1ccccc1C1=C(N2CCN(c3ccccc3)CC2)C(=O)N(c2ccccc2F)C1=O. The van der Waals surface area contributed by atoms with Crippen molar-refractivity contribution in [3.05, 3.63) is 95.9 Å². The van der Waals surface area contributed by atoms with E-state index >= 15 is 0 Å². The Kier molecular flexibility index (Phi) is 5.76. The van der Waals surface area contributed by atoms with Crippen LogP contribution in [0.1, 0.15) is 5.56 Å². The monoisotopic (exact) mass is 457 g/mol. The van der Waals surface area contributed by atoms with Gasteiger partial charge in [-0.2, -0.15) is 0 Å². The lowest BCUT2D eigenvalue weighted by Gasteiger charge is -2.37. The Bertz CT molecular complexity index is 1270. The van der Waals surface area contributed by atoms with Crippen molar-refractivity contribution < 1.29 is 18.7 Å². The Balaban J connectivity index is 1.55. The molecule has 0 saturated carbocycles. The van der Waals surface area contributed by atoms with Crippen LogP contribution in [0.15, 0.2) is 84.6 Å². The smallest absolute Gasteiger partial charge is 0.282 e. The molecule has 0 aromatic heterocycles. The number of rotatable bonds is 5. The first-order chi connectivity index (χ1) is 16.6. The average Bonchev–Trinajstić information content (AvgIpc) is 3.14. The van der Waals surface area contributed by atoms with Gasteiger partial charge in [0.1, 0.15) is 17.3 Å². The Hall–Kier alpha value is -4.13. The summed E-state index contributed by atoms with van der Waals surface area (Å²) < 4.78 is 20.2. The van der Waals surface area contributed by atoms with Crippen LogP contribution >= 0.6 is 0 Å². The molecule has 5 rings (SSSR count). The van der Waals surface area contributed by atoms with Crippen molar-refractivity contribution in [2.45, 2.75) is 0 Å². The van der Waals surface area contributed by atoms with Crippen LogP contribution in [0.4, 0.5) is 15.8 Å². The molecule has 2 heterocycles. The van der Waals surface area contributed by atoms with Crippen molar-refractivity contribution >= 4 is 28.8 Å². The van der Waals surface area contributed by atoms with Crippen molar-refractivity contribution in [2.24, 2.45) is 0 Å². The fourth-order valence-corrected chi connectivity index (χ4v) is 4.58. The van der Waals surface area contributed by atoms with Crippen LogP contribution in [-0.4, -0.2) is 50.0 Å². The van der Waals surface area contributed by atoms with Crippen LogP contribution in [-0.2, 0) is 9.59 Å². The lowest BCUT2D eigenvalue weighted by atomic mass is 10.0. The van der Waals surface area contributed by atoms with E-state index in [4.69, 9.17) is 4.74 Å². The number of benzene rings is 3. The molecule has 2 aliphatic rings. The van der Waals surface area contributed by atoms with E-state index in [1.165, 1.54) is 25.3 Å². The number of carbonyl (C=O) groups is 2. The molecule has 1 fully saturated rings. The van der Waals surface area contributed by atoms with Gasteiger partial charge in [-0.25, -0.2) is 9.29 Å². The van der Waals surface area contributed by atoms with Gasteiger partial charge in [0.25, 0.3) is 11.8 Å². The van der Waals surface area contributed by atoms with Crippen LogP contribution in [0.3, 0.4) is 0 Å². The van der Waals surface area contributed by atoms with Crippen LogP contribution in [0, 0.1) is 5.82 Å². The number of imide groups is 1. The molecule has 0 unspecified atom stereocenters. The minimum atomic E-state index is -0.626. The normalized spacial score (nSPS) is 16.5. The van der Waals surface area contributed by atoms with E-state index in [9.17, 15) is 14.0 Å². The van der Waals surface area contributed by atoms with Crippen molar-refractivity contribution in [2.75, 3.05) is 43.1 Å². The highest BCUT2D eigenvalue weighted by Crippen LogP contribution is 2.39. The minimum absolute atomic E-state index is 0.0529. The molecule has 0 bridgehead atoms. The first kappa shape index (κ1) is 21.7. The zero-order valence-corrected chi connectivity index (χ0v) is 18.8. The number of amides is 2. The van der Waals surface area contributed by atoms with E-state index < -0.39 is 17.6 Å². The van der Waals surface area contributed by atoms with Gasteiger partial charge in [0.15, 0.2) is 0 Å². The summed E-state index contributed by atoms with van der Waals surface area (Å²) in [4.78, 5) is 32.5. The number of ether oxygens (including phenoxy) is 1. The molecule has 172 valence electrons. The summed E-state index contributed by atoms with van der Waals surface area (Å²) in [5.74, 6) is -1.22. The van der Waals surface area contributed by atoms with E-state index in [-0.39, 0.29) is 17.0 Å². The standard InChI is InChI=1S/C27H24FN3O3/c1-34-23-14-8-5-11-20(23)24-25(27(33)31(26(24)32)22-13-7-6-12-21(22)28)30-17-15-29(16-18-30)19-9-3-2-4-10-19/h2-14H,15-18H2,1H3. The van der Waals surface area contributed by atoms with Crippen LogP contribution in [0.25, 0.3) is 5.57 Å². The molecule has 1 saturated heterocycles. The molecule has 2 aliphatic heterocycles. The van der Waals surface area contributed by atoms with Crippen molar-refractivity contribution in [3.8, 4) is 5.75 Å². The predicted octanol–water partition coefficient (Wildman–Crippen LogP) is 3.94. The molecule has 0 N–H and O–H groups in total. The minimum Gasteiger partial charge on any atom is -0.496 e. The molecule has 3 aromatic rings. The fraction of sp³-hybridized carbons (Fsp3) is 0.185. The van der Waals surface area contributed by atoms with Crippen LogP contribution in [0.5, 0.6) is 5.75 Å². The average molecular weight is 458 g/mol. The molecular formula is C27H24FN3O3. The van der Waals surface area contributed by atoms with Crippen LogP contribution < -0.4 is 14.5 Å². The van der Waals surface area contributed by atoms with E-state index in [0.29, 0.717) is 37.5 Å². The summed E-state index contributed by atoms with van der Waals surface area (Å²) in [5, 5.41) is 0. The number of hydrogen-bond acceptors (Lipinski definition) is 5. The number of hydrogen-bond donors (Lipinski definition) is 0. The van der Waals surface area contributed by atoms with E-state index in [0.717, 1.165) is 10.6 Å². The lowest BCUT2D eigenvalue weighted by Crippen LogP contribution is -2.47. The largest absolute Gasteiger partial charge is 0.496 e. The summed E-state index contributed by atoms with van der Waals surface area (Å²) in [6, 6.07) is 23.0. The van der Waals surface area contributed by atoms with Gasteiger partial charge in [-0.3, -0.25) is 9.59 Å².